The summed E-state index contributed by atoms with van der Waals surface area (Å²) in [5.41, 5.74) is 0. The first-order valence-electron chi connectivity index (χ1n) is 6.93. The molecule has 0 rings (SSSR count). The van der Waals surface area contributed by atoms with Gasteiger partial charge in [-0.25, -0.2) is 5.11 Å². The topological polar surface area (TPSA) is 29.1 Å². The average Bonchev–Trinajstić information content (AvgIpc) is 2.29. The summed E-state index contributed by atoms with van der Waals surface area (Å²) in [4.78, 5) is 0. The van der Waals surface area contributed by atoms with Crippen molar-refractivity contribution in [2.24, 2.45) is 11.8 Å². The molecular formula is C14H29O2. The maximum Gasteiger partial charge on any atom is 0.194 e. The number of unbranched alkanes of at least 4 members (excludes halogenated alkanes) is 1. The Morgan fingerprint density at radius 2 is 1.75 bits per heavy atom. The van der Waals surface area contributed by atoms with Crippen LogP contribution >= 0.6 is 0 Å². The summed E-state index contributed by atoms with van der Waals surface area (Å²) in [6.07, 6.45) is 5.64. The smallest absolute Gasteiger partial charge is 0.194 e. The molecule has 0 saturated carbocycles. The van der Waals surface area contributed by atoms with E-state index in [2.05, 4.69) is 27.7 Å². The standard InChI is InChI=1S/C14H29O2/c1-5-8-9-13(7-3)14(15)16-11-10-12(4)6-2/h12-14H,5-11H2,1-4H3. The molecule has 0 aromatic carbocycles. The van der Waals surface area contributed by atoms with E-state index in [9.17, 15) is 5.11 Å². The Hall–Kier alpha value is -0.0800. The van der Waals surface area contributed by atoms with Gasteiger partial charge in [-0.2, -0.15) is 0 Å². The van der Waals surface area contributed by atoms with Crippen LogP contribution in [0.4, 0.5) is 0 Å². The zero-order valence-corrected chi connectivity index (χ0v) is 11.5. The molecule has 0 N–H and O–H groups in total. The van der Waals surface area contributed by atoms with Crippen LogP contribution in [0.5, 0.6) is 0 Å². The molecule has 3 unspecified atom stereocenters. The summed E-state index contributed by atoms with van der Waals surface area (Å²) < 4.78 is 5.41. The highest BCUT2D eigenvalue weighted by molar-refractivity contribution is 4.60. The Kier molecular flexibility index (Phi) is 10.0. The molecule has 0 saturated heterocycles. The molecule has 0 fully saturated rings. The van der Waals surface area contributed by atoms with E-state index >= 15 is 0 Å². The zero-order chi connectivity index (χ0) is 12.4. The Bertz CT molecular complexity index is 148. The predicted molar refractivity (Wildman–Crippen MR) is 67.8 cm³/mol. The largest absolute Gasteiger partial charge is 0.349 e. The number of hydrogen-bond acceptors (Lipinski definition) is 1. The molecule has 0 spiro atoms. The molecule has 0 aliphatic rings. The fourth-order valence-electron chi connectivity index (χ4n) is 1.72. The molecule has 0 heterocycles. The second kappa shape index (κ2) is 10.1. The average molecular weight is 229 g/mol. The highest BCUT2D eigenvalue weighted by atomic mass is 16.6. The first kappa shape index (κ1) is 15.9. The van der Waals surface area contributed by atoms with E-state index in [0.717, 1.165) is 32.1 Å². The minimum absolute atomic E-state index is 0.205. The van der Waals surface area contributed by atoms with E-state index in [0.29, 0.717) is 12.5 Å². The molecule has 2 heteroatoms. The van der Waals surface area contributed by atoms with Crippen LogP contribution in [0.25, 0.3) is 0 Å². The lowest BCUT2D eigenvalue weighted by Crippen LogP contribution is -2.23. The minimum Gasteiger partial charge on any atom is -0.349 e. The first-order chi connectivity index (χ1) is 7.65. The van der Waals surface area contributed by atoms with Gasteiger partial charge in [0, 0.05) is 5.92 Å². The minimum atomic E-state index is -0.805. The molecule has 0 bridgehead atoms. The van der Waals surface area contributed by atoms with Crippen molar-refractivity contribution >= 4 is 0 Å². The van der Waals surface area contributed by atoms with Gasteiger partial charge < -0.3 is 4.74 Å². The Morgan fingerprint density at radius 3 is 2.25 bits per heavy atom. The number of ether oxygens (including phenoxy) is 1. The van der Waals surface area contributed by atoms with Crippen molar-refractivity contribution in [2.45, 2.75) is 72.5 Å². The third kappa shape index (κ3) is 7.24. The second-order valence-corrected chi connectivity index (χ2v) is 4.85. The zero-order valence-electron chi connectivity index (χ0n) is 11.5. The van der Waals surface area contributed by atoms with E-state index in [1.54, 1.807) is 0 Å². The molecule has 0 aliphatic carbocycles. The molecule has 16 heavy (non-hydrogen) atoms. The molecule has 2 nitrogen and oxygen atoms in total. The summed E-state index contributed by atoms with van der Waals surface area (Å²) in [6.45, 7) is 9.26. The van der Waals surface area contributed by atoms with Crippen LogP contribution in [0.15, 0.2) is 0 Å². The van der Waals surface area contributed by atoms with Crippen molar-refractivity contribution in [1.29, 1.82) is 0 Å². The lowest BCUT2D eigenvalue weighted by Gasteiger charge is -2.20. The molecule has 3 atom stereocenters. The van der Waals surface area contributed by atoms with Crippen molar-refractivity contribution in [2.75, 3.05) is 6.61 Å². The third-order valence-corrected chi connectivity index (χ3v) is 3.43. The first-order valence-corrected chi connectivity index (χ1v) is 6.93. The SMILES string of the molecule is CCCCC(CC)C([O])OCCC(C)CC. The van der Waals surface area contributed by atoms with Crippen molar-refractivity contribution in [1.82, 2.24) is 0 Å². The molecule has 0 aliphatic heterocycles. The highest BCUT2D eigenvalue weighted by Gasteiger charge is 2.19. The van der Waals surface area contributed by atoms with Gasteiger partial charge >= 0.3 is 0 Å². The summed E-state index contributed by atoms with van der Waals surface area (Å²) >= 11 is 0. The lowest BCUT2D eigenvalue weighted by molar-refractivity contribution is -0.175. The maximum atomic E-state index is 11.8. The molecule has 97 valence electrons. The van der Waals surface area contributed by atoms with Gasteiger partial charge in [0.1, 0.15) is 0 Å². The van der Waals surface area contributed by atoms with Crippen molar-refractivity contribution in [3.8, 4) is 0 Å². The van der Waals surface area contributed by atoms with Gasteiger partial charge in [0.05, 0.1) is 6.61 Å². The lowest BCUT2D eigenvalue weighted by atomic mass is 9.99. The third-order valence-electron chi connectivity index (χ3n) is 3.43. The van der Waals surface area contributed by atoms with Gasteiger partial charge in [0.15, 0.2) is 6.29 Å². The maximum absolute atomic E-state index is 11.8. The van der Waals surface area contributed by atoms with E-state index in [-0.39, 0.29) is 5.92 Å². The van der Waals surface area contributed by atoms with Crippen molar-refractivity contribution in [3.05, 3.63) is 0 Å². The van der Waals surface area contributed by atoms with Crippen LogP contribution in [0.2, 0.25) is 0 Å². The van der Waals surface area contributed by atoms with Crippen LogP contribution in [0, 0.1) is 11.8 Å². The van der Waals surface area contributed by atoms with Gasteiger partial charge in [-0.3, -0.25) is 0 Å². The molecule has 0 aromatic heterocycles. The van der Waals surface area contributed by atoms with E-state index < -0.39 is 6.29 Å². The Labute approximate surface area is 101 Å². The van der Waals surface area contributed by atoms with Crippen molar-refractivity contribution < 1.29 is 9.84 Å². The monoisotopic (exact) mass is 229 g/mol. The van der Waals surface area contributed by atoms with E-state index in [1.807, 2.05) is 0 Å². The Morgan fingerprint density at radius 1 is 1.06 bits per heavy atom. The molecule has 0 aromatic rings. The van der Waals surface area contributed by atoms with Crippen LogP contribution in [0.3, 0.4) is 0 Å². The molecular weight excluding hydrogens is 200 g/mol. The van der Waals surface area contributed by atoms with Gasteiger partial charge in [0.25, 0.3) is 0 Å². The van der Waals surface area contributed by atoms with Gasteiger partial charge in [-0.15, -0.1) is 0 Å². The normalized spacial score (nSPS) is 17.1. The number of hydrogen-bond donors (Lipinski definition) is 0. The van der Waals surface area contributed by atoms with Crippen LogP contribution < -0.4 is 0 Å². The van der Waals surface area contributed by atoms with Gasteiger partial charge in [-0.1, -0.05) is 47.0 Å². The molecule has 1 radical (unpaired) electrons. The van der Waals surface area contributed by atoms with Crippen LogP contribution in [-0.2, 0) is 9.84 Å². The summed E-state index contributed by atoms with van der Waals surface area (Å²) in [7, 11) is 0. The van der Waals surface area contributed by atoms with Crippen molar-refractivity contribution in [3.63, 3.8) is 0 Å². The van der Waals surface area contributed by atoms with Crippen LogP contribution in [0.1, 0.15) is 66.2 Å². The fraction of sp³-hybridized carbons (Fsp3) is 1.00. The van der Waals surface area contributed by atoms with Crippen LogP contribution in [-0.4, -0.2) is 12.9 Å². The molecule has 0 amide bonds. The van der Waals surface area contributed by atoms with Gasteiger partial charge in [-0.05, 0) is 25.2 Å². The summed E-state index contributed by atoms with van der Waals surface area (Å²) in [6, 6.07) is 0. The highest BCUT2D eigenvalue weighted by Crippen LogP contribution is 2.19. The van der Waals surface area contributed by atoms with E-state index in [1.165, 1.54) is 6.42 Å². The van der Waals surface area contributed by atoms with Gasteiger partial charge in [0.2, 0.25) is 0 Å². The summed E-state index contributed by atoms with van der Waals surface area (Å²) in [5.74, 6) is 0.875. The van der Waals surface area contributed by atoms with E-state index in [4.69, 9.17) is 4.74 Å². The Balaban J connectivity index is 3.70. The predicted octanol–water partition coefficient (Wildman–Crippen LogP) is 4.41. The quantitative estimate of drug-likeness (QED) is 0.510. The summed E-state index contributed by atoms with van der Waals surface area (Å²) in [5, 5.41) is 11.8. The fourth-order valence-corrected chi connectivity index (χ4v) is 1.72. The number of rotatable bonds is 10. The second-order valence-electron chi connectivity index (χ2n) is 4.85.